The molecule has 1 heterocycles. The van der Waals surface area contributed by atoms with Gasteiger partial charge in [-0.15, -0.1) is 0 Å². The number of alkyl carbamates (subject to hydrolysis) is 1. The molecule has 5 heteroatoms. The predicted molar refractivity (Wildman–Crippen MR) is 116 cm³/mol. The number of halogens is 1. The Labute approximate surface area is 173 Å². The molecule has 1 unspecified atom stereocenters. The van der Waals surface area contributed by atoms with Gasteiger partial charge in [0.15, 0.2) is 0 Å². The Morgan fingerprint density at radius 1 is 1.10 bits per heavy atom. The highest BCUT2D eigenvalue weighted by Crippen LogP contribution is 2.31. The Morgan fingerprint density at radius 3 is 2.48 bits per heavy atom. The molecular weight excluding hydrogens is 367 g/mol. The highest BCUT2D eigenvalue weighted by Gasteiger charge is 2.21. The van der Waals surface area contributed by atoms with Gasteiger partial charge in [0, 0.05) is 29.9 Å². The topological polar surface area (TPSA) is 41.6 Å². The quantitative estimate of drug-likeness (QED) is 0.680. The Kier molecular flexibility index (Phi) is 6.46. The van der Waals surface area contributed by atoms with E-state index in [4.69, 9.17) is 4.74 Å². The van der Waals surface area contributed by atoms with E-state index in [0.29, 0.717) is 11.1 Å². The molecule has 1 amide bonds. The summed E-state index contributed by atoms with van der Waals surface area (Å²) in [6.07, 6.45) is 3.11. The average Bonchev–Trinajstić information content (AvgIpc) is 2.67. The van der Waals surface area contributed by atoms with Crippen LogP contribution < -0.4 is 10.2 Å². The SMILES string of the molecule is CC(NC(=O)OC(C)(C)C)c1cccc(-c2cccc(N3CCCCC3)c2)c1F. The molecule has 1 atom stereocenters. The van der Waals surface area contributed by atoms with E-state index in [9.17, 15) is 4.79 Å². The first-order chi connectivity index (χ1) is 13.7. The van der Waals surface area contributed by atoms with Gasteiger partial charge in [-0.2, -0.15) is 0 Å². The summed E-state index contributed by atoms with van der Waals surface area (Å²) < 4.78 is 20.7. The van der Waals surface area contributed by atoms with Crippen LogP contribution in [0, 0.1) is 5.82 Å². The van der Waals surface area contributed by atoms with Crippen LogP contribution in [0.3, 0.4) is 0 Å². The summed E-state index contributed by atoms with van der Waals surface area (Å²) in [5, 5.41) is 2.73. The van der Waals surface area contributed by atoms with Gasteiger partial charge in [0.05, 0.1) is 6.04 Å². The number of piperidine rings is 1. The molecule has 3 rings (SSSR count). The monoisotopic (exact) mass is 398 g/mol. The van der Waals surface area contributed by atoms with Gasteiger partial charge in [0.25, 0.3) is 0 Å². The lowest BCUT2D eigenvalue weighted by Crippen LogP contribution is -2.34. The third-order valence-electron chi connectivity index (χ3n) is 5.11. The van der Waals surface area contributed by atoms with Crippen LogP contribution in [-0.4, -0.2) is 24.8 Å². The van der Waals surface area contributed by atoms with E-state index in [1.165, 1.54) is 19.3 Å². The van der Waals surface area contributed by atoms with Gasteiger partial charge in [-0.05, 0) is 64.7 Å². The summed E-state index contributed by atoms with van der Waals surface area (Å²) in [4.78, 5) is 14.4. The minimum absolute atomic E-state index is 0.313. The summed E-state index contributed by atoms with van der Waals surface area (Å²) in [6.45, 7) is 9.25. The molecule has 1 N–H and O–H groups in total. The van der Waals surface area contributed by atoms with Crippen molar-refractivity contribution in [2.45, 2.75) is 58.6 Å². The molecule has 2 aromatic carbocycles. The van der Waals surface area contributed by atoms with E-state index in [0.717, 1.165) is 24.3 Å². The van der Waals surface area contributed by atoms with Crippen molar-refractivity contribution in [1.29, 1.82) is 0 Å². The lowest BCUT2D eigenvalue weighted by atomic mass is 9.98. The molecule has 0 radical (unpaired) electrons. The standard InChI is InChI=1S/C24H31FN2O2/c1-17(26-23(28)29-24(2,3)4)20-12-9-13-21(22(20)25)18-10-8-11-19(16-18)27-14-6-5-7-15-27/h8-13,16-17H,5-7,14-15H2,1-4H3,(H,26,28). The molecular formula is C24H31FN2O2. The van der Waals surface area contributed by atoms with Gasteiger partial charge in [-0.25, -0.2) is 9.18 Å². The maximum absolute atomic E-state index is 15.4. The third kappa shape index (κ3) is 5.49. The van der Waals surface area contributed by atoms with Gasteiger partial charge in [0.1, 0.15) is 11.4 Å². The third-order valence-corrected chi connectivity index (χ3v) is 5.11. The van der Waals surface area contributed by atoms with E-state index < -0.39 is 17.7 Å². The van der Waals surface area contributed by atoms with Crippen LogP contribution in [0.25, 0.3) is 11.1 Å². The van der Waals surface area contributed by atoms with E-state index in [-0.39, 0.29) is 5.82 Å². The Balaban J connectivity index is 1.82. The van der Waals surface area contributed by atoms with E-state index in [1.54, 1.807) is 39.8 Å². The number of ether oxygens (including phenoxy) is 1. The molecule has 0 saturated carbocycles. The molecule has 1 saturated heterocycles. The van der Waals surface area contributed by atoms with Gasteiger partial charge >= 0.3 is 6.09 Å². The molecule has 4 nitrogen and oxygen atoms in total. The largest absolute Gasteiger partial charge is 0.444 e. The van der Waals surface area contributed by atoms with E-state index in [1.807, 2.05) is 18.2 Å². The average molecular weight is 399 g/mol. The van der Waals surface area contributed by atoms with Gasteiger partial charge in [-0.1, -0.05) is 30.3 Å². The van der Waals surface area contributed by atoms with Crippen molar-refractivity contribution in [1.82, 2.24) is 5.32 Å². The number of carbonyl (C=O) groups excluding carboxylic acids is 1. The number of nitrogens with one attached hydrogen (secondary N) is 1. The second-order valence-electron chi connectivity index (χ2n) is 8.67. The normalized spacial score (nSPS) is 15.7. The van der Waals surface area contributed by atoms with Crippen LogP contribution in [0.4, 0.5) is 14.9 Å². The molecule has 0 aliphatic carbocycles. The zero-order chi connectivity index (χ0) is 21.0. The molecule has 0 spiro atoms. The molecule has 0 aromatic heterocycles. The minimum Gasteiger partial charge on any atom is -0.444 e. The highest BCUT2D eigenvalue weighted by molar-refractivity contribution is 5.71. The zero-order valence-corrected chi connectivity index (χ0v) is 17.8. The number of carbonyl (C=O) groups is 1. The molecule has 2 aromatic rings. The maximum atomic E-state index is 15.4. The zero-order valence-electron chi connectivity index (χ0n) is 17.8. The van der Waals surface area contributed by atoms with Crippen LogP contribution in [0.15, 0.2) is 42.5 Å². The molecule has 0 bridgehead atoms. The van der Waals surface area contributed by atoms with Crippen molar-refractivity contribution in [2.24, 2.45) is 0 Å². The Hall–Kier alpha value is -2.56. The van der Waals surface area contributed by atoms with E-state index >= 15 is 4.39 Å². The fraction of sp³-hybridized carbons (Fsp3) is 0.458. The number of amides is 1. The second-order valence-corrected chi connectivity index (χ2v) is 8.67. The summed E-state index contributed by atoms with van der Waals surface area (Å²) in [6, 6.07) is 12.9. The number of hydrogen-bond acceptors (Lipinski definition) is 3. The molecule has 1 fully saturated rings. The number of hydrogen-bond donors (Lipinski definition) is 1. The van der Waals surface area contributed by atoms with Crippen LogP contribution in [0.2, 0.25) is 0 Å². The van der Waals surface area contributed by atoms with Crippen LogP contribution in [-0.2, 0) is 4.74 Å². The minimum atomic E-state index is -0.598. The smallest absolute Gasteiger partial charge is 0.408 e. The number of nitrogens with zero attached hydrogens (tertiary/aromatic N) is 1. The number of rotatable bonds is 4. The number of anilines is 1. The van der Waals surface area contributed by atoms with Crippen molar-refractivity contribution in [3.63, 3.8) is 0 Å². The molecule has 1 aliphatic heterocycles. The van der Waals surface area contributed by atoms with Gasteiger partial charge in [0.2, 0.25) is 0 Å². The molecule has 156 valence electrons. The summed E-state index contributed by atoms with van der Waals surface area (Å²) in [5.41, 5.74) is 2.36. The fourth-order valence-corrected chi connectivity index (χ4v) is 3.69. The first-order valence-electron chi connectivity index (χ1n) is 10.4. The molecule has 29 heavy (non-hydrogen) atoms. The van der Waals surface area contributed by atoms with Crippen molar-refractivity contribution in [3.05, 3.63) is 53.8 Å². The Bertz CT molecular complexity index is 854. The lowest BCUT2D eigenvalue weighted by molar-refractivity contribution is 0.0507. The first kappa shape index (κ1) is 21.2. The van der Waals surface area contributed by atoms with Crippen molar-refractivity contribution in [3.8, 4) is 11.1 Å². The maximum Gasteiger partial charge on any atom is 0.408 e. The summed E-state index contributed by atoms with van der Waals surface area (Å²) in [5.74, 6) is -0.313. The lowest BCUT2D eigenvalue weighted by Gasteiger charge is -2.29. The van der Waals surface area contributed by atoms with E-state index in [2.05, 4.69) is 22.3 Å². The Morgan fingerprint density at radius 2 is 1.79 bits per heavy atom. The van der Waals surface area contributed by atoms with Crippen molar-refractivity contribution >= 4 is 11.8 Å². The van der Waals surface area contributed by atoms with Crippen LogP contribution >= 0.6 is 0 Å². The summed E-state index contributed by atoms with van der Waals surface area (Å²) in [7, 11) is 0. The summed E-state index contributed by atoms with van der Waals surface area (Å²) >= 11 is 0. The fourth-order valence-electron chi connectivity index (χ4n) is 3.69. The van der Waals surface area contributed by atoms with Gasteiger partial charge in [-0.3, -0.25) is 0 Å². The predicted octanol–water partition coefficient (Wildman–Crippen LogP) is 6.07. The highest BCUT2D eigenvalue weighted by atomic mass is 19.1. The number of benzene rings is 2. The van der Waals surface area contributed by atoms with Crippen molar-refractivity contribution in [2.75, 3.05) is 18.0 Å². The van der Waals surface area contributed by atoms with Crippen molar-refractivity contribution < 1.29 is 13.9 Å². The second kappa shape index (κ2) is 8.85. The van der Waals surface area contributed by atoms with Crippen LogP contribution in [0.1, 0.15) is 58.6 Å². The van der Waals surface area contributed by atoms with Crippen LogP contribution in [0.5, 0.6) is 0 Å². The first-order valence-corrected chi connectivity index (χ1v) is 10.4. The van der Waals surface area contributed by atoms with Gasteiger partial charge < -0.3 is 15.0 Å². The molecule has 1 aliphatic rings.